The second kappa shape index (κ2) is 7.33. The molecule has 1 saturated heterocycles. The lowest BCUT2D eigenvalue weighted by Gasteiger charge is -2.26. The molecular weight excluding hydrogens is 236 g/mol. The van der Waals surface area contributed by atoms with Gasteiger partial charge in [0.15, 0.2) is 0 Å². The maximum absolute atomic E-state index is 11.7. The van der Waals surface area contributed by atoms with Gasteiger partial charge in [0.2, 0.25) is 5.91 Å². The fourth-order valence-corrected chi connectivity index (χ4v) is 1.97. The van der Waals surface area contributed by atoms with Gasteiger partial charge in [-0.15, -0.1) is 0 Å². The third-order valence-corrected chi connectivity index (χ3v) is 3.05. The minimum absolute atomic E-state index is 0.203. The number of nitrogens with one attached hydrogen (secondary N) is 1. The Labute approximate surface area is 107 Å². The second-order valence-electron chi connectivity index (χ2n) is 4.80. The standard InChI is InChI=1S/C12H22N2O4/c1-9(2)10(12(16)17)11(15)13-3-4-14-5-7-18-8-6-14/h9-10H,3-8H2,1-2H3,(H,13,15)(H,16,17)/t10-/m0/s1. The van der Waals surface area contributed by atoms with E-state index in [0.717, 1.165) is 32.8 Å². The summed E-state index contributed by atoms with van der Waals surface area (Å²) in [5.74, 6) is -2.62. The maximum Gasteiger partial charge on any atom is 0.316 e. The quantitative estimate of drug-likeness (QED) is 0.645. The molecule has 6 heteroatoms. The number of hydrogen-bond donors (Lipinski definition) is 2. The van der Waals surface area contributed by atoms with E-state index in [9.17, 15) is 9.59 Å². The molecule has 0 aromatic heterocycles. The summed E-state index contributed by atoms with van der Waals surface area (Å²) in [5, 5.41) is 11.7. The first-order chi connectivity index (χ1) is 8.52. The van der Waals surface area contributed by atoms with Crippen molar-refractivity contribution in [2.45, 2.75) is 13.8 Å². The lowest BCUT2D eigenvalue weighted by atomic mass is 9.95. The fourth-order valence-electron chi connectivity index (χ4n) is 1.97. The van der Waals surface area contributed by atoms with E-state index in [1.165, 1.54) is 0 Å². The van der Waals surface area contributed by atoms with Crippen LogP contribution in [0.5, 0.6) is 0 Å². The van der Waals surface area contributed by atoms with Gasteiger partial charge in [0.05, 0.1) is 13.2 Å². The Morgan fingerprint density at radius 3 is 2.44 bits per heavy atom. The van der Waals surface area contributed by atoms with Crippen LogP contribution >= 0.6 is 0 Å². The van der Waals surface area contributed by atoms with Crippen LogP contribution in [0.3, 0.4) is 0 Å². The van der Waals surface area contributed by atoms with Crippen molar-refractivity contribution in [1.82, 2.24) is 10.2 Å². The molecule has 1 fully saturated rings. The van der Waals surface area contributed by atoms with Crippen molar-refractivity contribution in [3.05, 3.63) is 0 Å². The Morgan fingerprint density at radius 1 is 1.33 bits per heavy atom. The molecule has 1 atom stereocenters. The minimum Gasteiger partial charge on any atom is -0.481 e. The Kier molecular flexibility index (Phi) is 6.07. The number of carbonyl (C=O) groups excluding carboxylic acids is 1. The van der Waals surface area contributed by atoms with Gasteiger partial charge in [0.25, 0.3) is 0 Å². The summed E-state index contributed by atoms with van der Waals surface area (Å²) in [6.07, 6.45) is 0. The average molecular weight is 258 g/mol. The van der Waals surface area contributed by atoms with Crippen molar-refractivity contribution in [2.75, 3.05) is 39.4 Å². The molecule has 0 bridgehead atoms. The molecule has 1 amide bonds. The van der Waals surface area contributed by atoms with E-state index in [0.29, 0.717) is 6.54 Å². The van der Waals surface area contributed by atoms with Gasteiger partial charge in [-0.05, 0) is 5.92 Å². The largest absolute Gasteiger partial charge is 0.481 e. The summed E-state index contributed by atoms with van der Waals surface area (Å²) in [5.41, 5.74) is 0. The predicted octanol–water partition coefficient (Wildman–Crippen LogP) is -0.208. The summed E-state index contributed by atoms with van der Waals surface area (Å²) in [6, 6.07) is 0. The number of nitrogens with zero attached hydrogens (tertiary/aromatic N) is 1. The van der Waals surface area contributed by atoms with E-state index < -0.39 is 17.8 Å². The van der Waals surface area contributed by atoms with Gasteiger partial charge >= 0.3 is 5.97 Å². The van der Waals surface area contributed by atoms with Crippen molar-refractivity contribution in [2.24, 2.45) is 11.8 Å². The van der Waals surface area contributed by atoms with Crippen LogP contribution < -0.4 is 5.32 Å². The first kappa shape index (κ1) is 14.9. The molecule has 1 heterocycles. The summed E-state index contributed by atoms with van der Waals surface area (Å²) in [7, 11) is 0. The van der Waals surface area contributed by atoms with Gasteiger partial charge in [0, 0.05) is 26.2 Å². The van der Waals surface area contributed by atoms with Crippen LogP contribution in [0.25, 0.3) is 0 Å². The van der Waals surface area contributed by atoms with Gasteiger partial charge in [-0.3, -0.25) is 14.5 Å². The van der Waals surface area contributed by atoms with Gasteiger partial charge in [0.1, 0.15) is 5.92 Å². The molecule has 6 nitrogen and oxygen atoms in total. The van der Waals surface area contributed by atoms with Crippen molar-refractivity contribution in [1.29, 1.82) is 0 Å². The van der Waals surface area contributed by atoms with Gasteiger partial charge < -0.3 is 15.2 Å². The molecule has 2 N–H and O–H groups in total. The third-order valence-electron chi connectivity index (χ3n) is 3.05. The normalized spacial score (nSPS) is 18.6. The molecule has 0 radical (unpaired) electrons. The average Bonchev–Trinajstić information content (AvgIpc) is 2.29. The van der Waals surface area contributed by atoms with E-state index in [1.807, 2.05) is 0 Å². The smallest absolute Gasteiger partial charge is 0.316 e. The van der Waals surface area contributed by atoms with Crippen LogP contribution in [0.1, 0.15) is 13.8 Å². The molecule has 0 aromatic carbocycles. The highest BCUT2D eigenvalue weighted by Crippen LogP contribution is 2.10. The highest BCUT2D eigenvalue weighted by molar-refractivity contribution is 5.97. The molecule has 0 aliphatic carbocycles. The number of aliphatic carboxylic acids is 1. The first-order valence-corrected chi connectivity index (χ1v) is 6.33. The van der Waals surface area contributed by atoms with Crippen molar-refractivity contribution >= 4 is 11.9 Å². The maximum atomic E-state index is 11.7. The van der Waals surface area contributed by atoms with E-state index in [-0.39, 0.29) is 5.92 Å². The summed E-state index contributed by atoms with van der Waals surface area (Å²) in [6.45, 7) is 7.86. The molecular formula is C12H22N2O4. The molecule has 1 rings (SSSR count). The number of hydrogen-bond acceptors (Lipinski definition) is 4. The lowest BCUT2D eigenvalue weighted by molar-refractivity contribution is -0.148. The molecule has 104 valence electrons. The van der Waals surface area contributed by atoms with E-state index in [2.05, 4.69) is 10.2 Å². The summed E-state index contributed by atoms with van der Waals surface area (Å²) < 4.78 is 5.22. The predicted molar refractivity (Wildman–Crippen MR) is 66.2 cm³/mol. The lowest BCUT2D eigenvalue weighted by Crippen LogP contribution is -2.44. The van der Waals surface area contributed by atoms with Crippen LogP contribution in [0.15, 0.2) is 0 Å². The van der Waals surface area contributed by atoms with Crippen LogP contribution in [0.2, 0.25) is 0 Å². The van der Waals surface area contributed by atoms with Gasteiger partial charge in [-0.2, -0.15) is 0 Å². The van der Waals surface area contributed by atoms with Crippen LogP contribution in [-0.2, 0) is 14.3 Å². The highest BCUT2D eigenvalue weighted by atomic mass is 16.5. The zero-order valence-corrected chi connectivity index (χ0v) is 11.0. The minimum atomic E-state index is -1.06. The van der Waals surface area contributed by atoms with Crippen molar-refractivity contribution in [3.63, 3.8) is 0 Å². The molecule has 18 heavy (non-hydrogen) atoms. The number of ether oxygens (including phenoxy) is 1. The Hall–Kier alpha value is -1.14. The molecule has 0 saturated carbocycles. The first-order valence-electron chi connectivity index (χ1n) is 6.33. The molecule has 0 aromatic rings. The van der Waals surface area contributed by atoms with Gasteiger partial charge in [-0.25, -0.2) is 0 Å². The van der Waals surface area contributed by atoms with E-state index in [1.54, 1.807) is 13.8 Å². The number of carboxylic acids is 1. The van der Waals surface area contributed by atoms with Crippen LogP contribution in [-0.4, -0.2) is 61.3 Å². The second-order valence-corrected chi connectivity index (χ2v) is 4.80. The number of carboxylic acid groups (broad SMARTS) is 1. The zero-order valence-electron chi connectivity index (χ0n) is 11.0. The molecule has 0 spiro atoms. The Balaban J connectivity index is 2.28. The highest BCUT2D eigenvalue weighted by Gasteiger charge is 2.29. The van der Waals surface area contributed by atoms with Crippen molar-refractivity contribution < 1.29 is 19.4 Å². The zero-order chi connectivity index (χ0) is 13.5. The molecule has 0 unspecified atom stereocenters. The number of amides is 1. The summed E-state index contributed by atoms with van der Waals surface area (Å²) >= 11 is 0. The Bertz CT molecular complexity index is 288. The van der Waals surface area contributed by atoms with Crippen molar-refractivity contribution in [3.8, 4) is 0 Å². The third kappa shape index (κ3) is 4.62. The topological polar surface area (TPSA) is 78.9 Å². The Morgan fingerprint density at radius 2 is 1.94 bits per heavy atom. The molecule has 1 aliphatic rings. The monoisotopic (exact) mass is 258 g/mol. The van der Waals surface area contributed by atoms with Crippen LogP contribution in [0, 0.1) is 11.8 Å². The van der Waals surface area contributed by atoms with E-state index >= 15 is 0 Å². The summed E-state index contributed by atoms with van der Waals surface area (Å²) in [4.78, 5) is 24.9. The fraction of sp³-hybridized carbons (Fsp3) is 0.833. The number of morpholine rings is 1. The van der Waals surface area contributed by atoms with E-state index in [4.69, 9.17) is 9.84 Å². The molecule has 1 aliphatic heterocycles. The van der Waals surface area contributed by atoms with Crippen LogP contribution in [0.4, 0.5) is 0 Å². The number of carbonyl (C=O) groups is 2. The number of rotatable bonds is 6. The van der Waals surface area contributed by atoms with Gasteiger partial charge in [-0.1, -0.05) is 13.8 Å². The SMILES string of the molecule is CC(C)[C@H](C(=O)O)C(=O)NCCN1CCOCC1.